The average molecular weight is 249 g/mol. The van der Waals surface area contributed by atoms with Crippen LogP contribution in [0.2, 0.25) is 0 Å². The van der Waals surface area contributed by atoms with Crippen molar-refractivity contribution in [1.29, 1.82) is 0 Å². The number of amides is 1. The highest BCUT2D eigenvalue weighted by molar-refractivity contribution is 6.27. The summed E-state index contributed by atoms with van der Waals surface area (Å²) in [5, 5.41) is 12.5. The normalized spacial score (nSPS) is 19.8. The molecule has 0 radical (unpaired) electrons. The molecule has 1 atom stereocenters. The van der Waals surface area contributed by atoms with Crippen molar-refractivity contribution in [2.75, 3.05) is 25.5 Å². The molecule has 1 amide bonds. The van der Waals surface area contributed by atoms with Crippen molar-refractivity contribution in [3.05, 3.63) is 0 Å². The van der Waals surface area contributed by atoms with Crippen LogP contribution in [0.4, 0.5) is 0 Å². The second-order valence-corrected chi connectivity index (χ2v) is 4.56. The maximum atomic E-state index is 11.3. The van der Waals surface area contributed by atoms with Crippen LogP contribution in [0.15, 0.2) is 0 Å². The van der Waals surface area contributed by atoms with Crippen molar-refractivity contribution in [1.82, 2.24) is 10.2 Å². The van der Waals surface area contributed by atoms with Crippen molar-refractivity contribution in [3.8, 4) is 0 Å². The second kappa shape index (κ2) is 7.09. The minimum absolute atomic E-state index is 0.0293. The fraction of sp³-hybridized carbons (Fsp3) is 0.909. The zero-order valence-electron chi connectivity index (χ0n) is 9.79. The van der Waals surface area contributed by atoms with Gasteiger partial charge in [-0.2, -0.15) is 0 Å². The lowest BCUT2D eigenvalue weighted by atomic mass is 9.96. The van der Waals surface area contributed by atoms with Crippen LogP contribution in [0.3, 0.4) is 0 Å². The van der Waals surface area contributed by atoms with Gasteiger partial charge >= 0.3 is 0 Å². The minimum Gasteiger partial charge on any atom is -0.379 e. The number of halogens is 1. The Morgan fingerprint density at radius 2 is 2.19 bits per heavy atom. The topological polar surface area (TPSA) is 52.6 Å². The number of nitrogens with zero attached hydrogens (tertiary/aromatic N) is 1. The molecule has 4 nitrogen and oxygen atoms in total. The summed E-state index contributed by atoms with van der Waals surface area (Å²) in [7, 11) is 0. The number of hydrogen-bond donors (Lipinski definition) is 2. The van der Waals surface area contributed by atoms with Gasteiger partial charge in [-0.05, 0) is 25.2 Å². The number of likely N-dealkylation sites (tertiary alicyclic amines) is 1. The number of rotatable bonds is 5. The third kappa shape index (κ3) is 4.28. The fourth-order valence-corrected chi connectivity index (χ4v) is 2.09. The van der Waals surface area contributed by atoms with E-state index in [-0.39, 0.29) is 11.8 Å². The largest absolute Gasteiger partial charge is 0.379 e. The van der Waals surface area contributed by atoms with E-state index in [9.17, 15) is 9.90 Å². The Hall–Kier alpha value is -0.320. The van der Waals surface area contributed by atoms with Gasteiger partial charge in [0.25, 0.3) is 0 Å². The lowest BCUT2D eigenvalue weighted by molar-refractivity contribution is -0.129. The molecule has 0 aromatic heterocycles. The zero-order chi connectivity index (χ0) is 12.0. The molecule has 1 saturated heterocycles. The van der Waals surface area contributed by atoms with Crippen LogP contribution in [-0.4, -0.2) is 47.7 Å². The van der Waals surface area contributed by atoms with E-state index in [0.29, 0.717) is 5.92 Å². The molecular formula is C11H21ClN2O2. The fourth-order valence-electron chi connectivity index (χ4n) is 1.92. The molecule has 16 heavy (non-hydrogen) atoms. The number of piperidine rings is 1. The van der Waals surface area contributed by atoms with Crippen molar-refractivity contribution < 1.29 is 9.90 Å². The van der Waals surface area contributed by atoms with E-state index < -0.39 is 6.23 Å². The van der Waals surface area contributed by atoms with Crippen LogP contribution in [0.25, 0.3) is 0 Å². The van der Waals surface area contributed by atoms with Gasteiger partial charge in [0, 0.05) is 19.6 Å². The SMILES string of the molecule is CCC(O)NCC1CCN(C(=O)CCl)CC1. The van der Waals surface area contributed by atoms with Crippen molar-refractivity contribution in [3.63, 3.8) is 0 Å². The van der Waals surface area contributed by atoms with Crippen molar-refractivity contribution in [2.45, 2.75) is 32.4 Å². The predicted molar refractivity (Wildman–Crippen MR) is 64.3 cm³/mol. The van der Waals surface area contributed by atoms with Gasteiger partial charge in [-0.25, -0.2) is 0 Å². The van der Waals surface area contributed by atoms with Gasteiger partial charge in [-0.15, -0.1) is 11.6 Å². The Bertz CT molecular complexity index is 218. The average Bonchev–Trinajstić information content (AvgIpc) is 2.35. The third-order valence-electron chi connectivity index (χ3n) is 3.11. The maximum absolute atomic E-state index is 11.3. The van der Waals surface area contributed by atoms with Gasteiger partial charge in [0.05, 0.1) is 0 Å². The summed E-state index contributed by atoms with van der Waals surface area (Å²) in [5.74, 6) is 0.666. The number of carbonyl (C=O) groups is 1. The first-order valence-electron chi connectivity index (χ1n) is 5.92. The Balaban J connectivity index is 2.19. The molecule has 0 aliphatic carbocycles. The number of hydrogen-bond acceptors (Lipinski definition) is 3. The molecule has 5 heteroatoms. The summed E-state index contributed by atoms with van der Waals surface area (Å²) >= 11 is 5.51. The van der Waals surface area contributed by atoms with E-state index >= 15 is 0 Å². The highest BCUT2D eigenvalue weighted by atomic mass is 35.5. The predicted octanol–water partition coefficient (Wildman–Crippen LogP) is 0.782. The number of carbonyl (C=O) groups excluding carboxylic acids is 1. The van der Waals surface area contributed by atoms with Gasteiger partial charge in [0.15, 0.2) is 0 Å². The van der Waals surface area contributed by atoms with Gasteiger partial charge in [0.2, 0.25) is 5.91 Å². The molecule has 1 rings (SSSR count). The highest BCUT2D eigenvalue weighted by Crippen LogP contribution is 2.16. The molecule has 94 valence electrons. The lowest BCUT2D eigenvalue weighted by Crippen LogP contribution is -2.42. The molecule has 0 bridgehead atoms. The molecular weight excluding hydrogens is 228 g/mol. The molecule has 2 N–H and O–H groups in total. The summed E-state index contributed by atoms with van der Waals surface area (Å²) in [6.07, 6.45) is 2.31. The summed E-state index contributed by atoms with van der Waals surface area (Å²) in [6, 6.07) is 0. The van der Waals surface area contributed by atoms with Crippen LogP contribution in [0.1, 0.15) is 26.2 Å². The lowest BCUT2D eigenvalue weighted by Gasteiger charge is -2.32. The van der Waals surface area contributed by atoms with Gasteiger partial charge in [-0.3, -0.25) is 10.1 Å². The van der Waals surface area contributed by atoms with E-state index in [2.05, 4.69) is 5.32 Å². The Labute approximate surface area is 102 Å². The molecule has 0 aromatic carbocycles. The Morgan fingerprint density at radius 3 is 2.69 bits per heavy atom. The molecule has 1 aliphatic heterocycles. The first kappa shape index (κ1) is 13.7. The van der Waals surface area contributed by atoms with E-state index in [4.69, 9.17) is 11.6 Å². The minimum atomic E-state index is -0.400. The van der Waals surface area contributed by atoms with Gasteiger partial charge in [-0.1, -0.05) is 6.92 Å². The number of aliphatic hydroxyl groups is 1. The van der Waals surface area contributed by atoms with E-state index in [1.807, 2.05) is 11.8 Å². The van der Waals surface area contributed by atoms with Crippen molar-refractivity contribution >= 4 is 17.5 Å². The van der Waals surface area contributed by atoms with Crippen molar-refractivity contribution in [2.24, 2.45) is 5.92 Å². The zero-order valence-corrected chi connectivity index (χ0v) is 10.5. The Kier molecular flexibility index (Phi) is 6.09. The van der Waals surface area contributed by atoms with Gasteiger partial charge < -0.3 is 10.0 Å². The van der Waals surface area contributed by atoms with Crippen LogP contribution in [0.5, 0.6) is 0 Å². The molecule has 0 spiro atoms. The summed E-state index contributed by atoms with van der Waals surface area (Å²) < 4.78 is 0. The summed E-state index contributed by atoms with van der Waals surface area (Å²) in [4.78, 5) is 13.1. The number of aliphatic hydroxyl groups excluding tert-OH is 1. The molecule has 1 fully saturated rings. The molecule has 1 unspecified atom stereocenters. The monoisotopic (exact) mass is 248 g/mol. The molecule has 1 heterocycles. The van der Waals surface area contributed by atoms with Crippen LogP contribution in [0, 0.1) is 5.92 Å². The number of nitrogens with one attached hydrogen (secondary N) is 1. The van der Waals surface area contributed by atoms with Crippen LogP contribution >= 0.6 is 11.6 Å². The Morgan fingerprint density at radius 1 is 1.56 bits per heavy atom. The number of alkyl halides is 1. The smallest absolute Gasteiger partial charge is 0.237 e. The van der Waals surface area contributed by atoms with Gasteiger partial charge in [0.1, 0.15) is 12.1 Å². The first-order chi connectivity index (χ1) is 7.67. The molecule has 1 aliphatic rings. The third-order valence-corrected chi connectivity index (χ3v) is 3.34. The molecule has 0 aromatic rings. The van der Waals surface area contributed by atoms with E-state index in [0.717, 1.165) is 38.9 Å². The highest BCUT2D eigenvalue weighted by Gasteiger charge is 2.22. The summed E-state index contributed by atoms with van der Waals surface area (Å²) in [5.41, 5.74) is 0. The maximum Gasteiger partial charge on any atom is 0.237 e. The quantitative estimate of drug-likeness (QED) is 0.559. The van der Waals surface area contributed by atoms with E-state index in [1.165, 1.54) is 0 Å². The van der Waals surface area contributed by atoms with Crippen LogP contribution < -0.4 is 5.32 Å². The summed E-state index contributed by atoms with van der Waals surface area (Å²) in [6.45, 7) is 4.36. The first-order valence-corrected chi connectivity index (χ1v) is 6.46. The van der Waals surface area contributed by atoms with Crippen LogP contribution in [-0.2, 0) is 4.79 Å². The van der Waals surface area contributed by atoms with E-state index in [1.54, 1.807) is 0 Å². The second-order valence-electron chi connectivity index (χ2n) is 4.29. The standard InChI is InChI=1S/C11H21ClN2O2/c1-2-10(15)13-8-9-3-5-14(6-4-9)11(16)7-12/h9-10,13,15H,2-8H2,1H3. The molecule has 0 saturated carbocycles.